The highest BCUT2D eigenvalue weighted by atomic mass is 35.5. The molecule has 5 nitrogen and oxygen atoms in total. The third kappa shape index (κ3) is 3.42. The van der Waals surface area contributed by atoms with E-state index >= 15 is 0 Å². The van der Waals surface area contributed by atoms with Crippen molar-refractivity contribution in [3.63, 3.8) is 0 Å². The first-order chi connectivity index (χ1) is 9.47. The summed E-state index contributed by atoms with van der Waals surface area (Å²) in [6.07, 6.45) is -0.781. The van der Waals surface area contributed by atoms with Gasteiger partial charge in [-0.05, 0) is 19.9 Å². The Bertz CT molecular complexity index is 464. The first-order valence-corrected chi connectivity index (χ1v) is 6.85. The first kappa shape index (κ1) is 16.8. The Labute approximate surface area is 123 Å². The van der Waals surface area contributed by atoms with Crippen LogP contribution in [0, 0.1) is 0 Å². The number of hydrogen-bond donors (Lipinski definition) is 2. The van der Waals surface area contributed by atoms with E-state index in [1.54, 1.807) is 32.0 Å². The quantitative estimate of drug-likeness (QED) is 0.785. The highest BCUT2D eigenvalue weighted by molar-refractivity contribution is 6.29. The van der Waals surface area contributed by atoms with Gasteiger partial charge < -0.3 is 19.8 Å². The van der Waals surface area contributed by atoms with Crippen LogP contribution >= 0.6 is 11.6 Å². The van der Waals surface area contributed by atoms with Gasteiger partial charge in [0.05, 0.1) is 31.5 Å². The normalized spacial score (nSPS) is 13.7. The van der Waals surface area contributed by atoms with Gasteiger partial charge in [0.2, 0.25) is 5.91 Å². The number of halogens is 1. The molecule has 20 heavy (non-hydrogen) atoms. The average Bonchev–Trinajstić information content (AvgIpc) is 2.46. The van der Waals surface area contributed by atoms with Crippen molar-refractivity contribution in [3.05, 3.63) is 23.8 Å². The molecule has 0 bridgehead atoms. The topological polar surface area (TPSA) is 70.0 Å². The first-order valence-electron chi connectivity index (χ1n) is 6.31. The monoisotopic (exact) mass is 301 g/mol. The molecule has 0 fully saturated rings. The second-order valence-electron chi connectivity index (χ2n) is 4.50. The second kappa shape index (κ2) is 7.47. The Balaban J connectivity index is 3.48. The van der Waals surface area contributed by atoms with E-state index in [2.05, 4.69) is 0 Å². The molecule has 2 unspecified atom stereocenters. The van der Waals surface area contributed by atoms with Crippen molar-refractivity contribution < 1.29 is 19.7 Å². The van der Waals surface area contributed by atoms with Crippen molar-refractivity contribution in [1.82, 2.24) is 0 Å². The molecule has 1 aromatic carbocycles. The molecule has 0 heterocycles. The number of para-hydroxylation sites is 1. The fraction of sp³-hybridized carbons (Fsp3) is 0.500. The van der Waals surface area contributed by atoms with Crippen molar-refractivity contribution in [3.8, 4) is 5.75 Å². The third-order valence-electron chi connectivity index (χ3n) is 3.03. The lowest BCUT2D eigenvalue weighted by atomic mass is 10.0. The summed E-state index contributed by atoms with van der Waals surface area (Å²) in [5.41, 5.74) is 0.986. The van der Waals surface area contributed by atoms with E-state index in [1.807, 2.05) is 0 Å². The number of amides is 1. The number of anilines is 1. The molecule has 112 valence electrons. The molecular weight excluding hydrogens is 282 g/mol. The van der Waals surface area contributed by atoms with Crippen molar-refractivity contribution in [2.75, 3.05) is 24.5 Å². The van der Waals surface area contributed by atoms with Crippen LogP contribution < -0.4 is 9.64 Å². The Kier molecular flexibility index (Phi) is 6.26. The van der Waals surface area contributed by atoms with Gasteiger partial charge in [-0.15, -0.1) is 11.6 Å². The summed E-state index contributed by atoms with van der Waals surface area (Å²) in [7, 11) is 1.48. The van der Waals surface area contributed by atoms with Gasteiger partial charge in [-0.25, -0.2) is 0 Å². The molecule has 0 radical (unpaired) electrons. The molecule has 0 aliphatic heterocycles. The predicted molar refractivity (Wildman–Crippen MR) is 78.4 cm³/mol. The highest BCUT2D eigenvalue weighted by Crippen LogP contribution is 2.37. The molecule has 0 spiro atoms. The minimum absolute atomic E-state index is 0.221. The number of aliphatic hydroxyl groups is 2. The van der Waals surface area contributed by atoms with Gasteiger partial charge in [-0.1, -0.05) is 12.1 Å². The fourth-order valence-corrected chi connectivity index (χ4v) is 2.16. The van der Waals surface area contributed by atoms with Gasteiger partial charge in [0.25, 0.3) is 0 Å². The average molecular weight is 302 g/mol. The maximum Gasteiger partial charge on any atom is 0.242 e. The zero-order valence-electron chi connectivity index (χ0n) is 11.8. The maximum absolute atomic E-state index is 12.1. The Hall–Kier alpha value is -1.30. The number of aliphatic hydroxyl groups excluding tert-OH is 2. The number of rotatable bonds is 6. The number of hydrogen-bond acceptors (Lipinski definition) is 4. The van der Waals surface area contributed by atoms with E-state index in [0.29, 0.717) is 17.0 Å². The number of ether oxygens (including phenoxy) is 1. The van der Waals surface area contributed by atoms with Gasteiger partial charge in [-0.3, -0.25) is 4.79 Å². The van der Waals surface area contributed by atoms with Crippen molar-refractivity contribution in [1.29, 1.82) is 0 Å². The van der Waals surface area contributed by atoms with E-state index in [1.165, 1.54) is 12.0 Å². The predicted octanol–water partition coefficient (Wildman–Crippen LogP) is 1.70. The van der Waals surface area contributed by atoms with Crippen molar-refractivity contribution in [2.45, 2.75) is 26.0 Å². The van der Waals surface area contributed by atoms with Crippen LogP contribution in [0.4, 0.5) is 5.69 Å². The molecule has 0 aliphatic carbocycles. The van der Waals surface area contributed by atoms with Crippen LogP contribution in [0.15, 0.2) is 18.2 Å². The van der Waals surface area contributed by atoms with Gasteiger partial charge in [0.1, 0.15) is 11.6 Å². The minimum atomic E-state index is -0.781. The van der Waals surface area contributed by atoms with Gasteiger partial charge in [0.15, 0.2) is 0 Å². The standard InChI is InChI=1S/C14H20ClNO4/c1-9(8-17)16(13(19)7-15)14-11(10(2)18)5-4-6-12(14)20-3/h4-6,9-10,17-18H,7-8H2,1-3H3. The SMILES string of the molecule is COc1cccc(C(C)O)c1N(C(=O)CCl)C(C)CO. The zero-order valence-corrected chi connectivity index (χ0v) is 12.6. The molecule has 1 aromatic rings. The smallest absolute Gasteiger partial charge is 0.242 e. The van der Waals surface area contributed by atoms with Crippen LogP contribution in [0.5, 0.6) is 5.75 Å². The van der Waals surface area contributed by atoms with E-state index in [-0.39, 0.29) is 18.4 Å². The molecule has 0 saturated carbocycles. The molecule has 1 rings (SSSR count). The number of methoxy groups -OCH3 is 1. The number of alkyl halides is 1. The molecule has 2 atom stereocenters. The summed E-state index contributed by atoms with van der Waals surface area (Å²) in [5.74, 6) is -0.136. The highest BCUT2D eigenvalue weighted by Gasteiger charge is 2.27. The summed E-state index contributed by atoms with van der Waals surface area (Å²) in [5, 5.41) is 19.3. The van der Waals surface area contributed by atoms with Crippen LogP contribution in [-0.2, 0) is 4.79 Å². The number of carbonyl (C=O) groups excluding carboxylic acids is 1. The number of carbonyl (C=O) groups is 1. The van der Waals surface area contributed by atoms with E-state index in [4.69, 9.17) is 16.3 Å². The lowest BCUT2D eigenvalue weighted by molar-refractivity contribution is -0.116. The summed E-state index contributed by atoms with van der Waals surface area (Å²) >= 11 is 5.65. The number of nitrogens with zero attached hydrogens (tertiary/aromatic N) is 1. The van der Waals surface area contributed by atoms with E-state index in [9.17, 15) is 15.0 Å². The molecule has 2 N–H and O–H groups in total. The van der Waals surface area contributed by atoms with E-state index < -0.39 is 12.1 Å². The molecule has 0 aromatic heterocycles. The minimum Gasteiger partial charge on any atom is -0.495 e. The summed E-state index contributed by atoms with van der Waals surface area (Å²) in [6.45, 7) is 3.08. The second-order valence-corrected chi connectivity index (χ2v) is 4.77. The lowest BCUT2D eigenvalue weighted by Crippen LogP contribution is -2.42. The summed E-state index contributed by atoms with van der Waals surface area (Å²) < 4.78 is 5.28. The Morgan fingerprint density at radius 3 is 2.55 bits per heavy atom. The van der Waals surface area contributed by atoms with Crippen molar-refractivity contribution >= 4 is 23.2 Å². The largest absolute Gasteiger partial charge is 0.495 e. The van der Waals surface area contributed by atoms with Crippen LogP contribution in [0.2, 0.25) is 0 Å². The zero-order chi connectivity index (χ0) is 15.3. The van der Waals surface area contributed by atoms with Gasteiger partial charge >= 0.3 is 0 Å². The van der Waals surface area contributed by atoms with Gasteiger partial charge in [0, 0.05) is 5.56 Å². The Morgan fingerprint density at radius 2 is 2.10 bits per heavy atom. The maximum atomic E-state index is 12.1. The van der Waals surface area contributed by atoms with E-state index in [0.717, 1.165) is 0 Å². The van der Waals surface area contributed by atoms with Gasteiger partial charge in [-0.2, -0.15) is 0 Å². The van der Waals surface area contributed by atoms with Crippen LogP contribution in [-0.4, -0.2) is 41.8 Å². The molecule has 1 amide bonds. The fourth-order valence-electron chi connectivity index (χ4n) is 2.04. The molecule has 6 heteroatoms. The Morgan fingerprint density at radius 1 is 1.45 bits per heavy atom. The van der Waals surface area contributed by atoms with Crippen LogP contribution in [0.1, 0.15) is 25.5 Å². The molecule has 0 aliphatic rings. The third-order valence-corrected chi connectivity index (χ3v) is 3.26. The van der Waals surface area contributed by atoms with Crippen LogP contribution in [0.25, 0.3) is 0 Å². The van der Waals surface area contributed by atoms with Crippen LogP contribution in [0.3, 0.4) is 0 Å². The number of benzene rings is 1. The summed E-state index contributed by atoms with van der Waals surface area (Å²) in [4.78, 5) is 13.5. The van der Waals surface area contributed by atoms with Crippen molar-refractivity contribution in [2.24, 2.45) is 0 Å². The summed E-state index contributed by atoms with van der Waals surface area (Å²) in [6, 6.07) is 4.66. The lowest BCUT2D eigenvalue weighted by Gasteiger charge is -2.31. The molecule has 0 saturated heterocycles. The molecular formula is C14H20ClNO4.